The van der Waals surface area contributed by atoms with Gasteiger partial charge in [0.15, 0.2) is 17.5 Å². The normalized spacial score (nSPS) is 18.6. The van der Waals surface area contributed by atoms with Crippen molar-refractivity contribution in [2.45, 2.75) is 25.3 Å². The van der Waals surface area contributed by atoms with E-state index in [4.69, 9.17) is 4.74 Å². The molecule has 7 heteroatoms. The Bertz CT molecular complexity index is 987. The largest absolute Gasteiger partial charge is 0.509 e. The molecule has 2 aromatic carbocycles. The highest BCUT2D eigenvalue weighted by atomic mass is 19.2. The fourth-order valence-corrected chi connectivity index (χ4v) is 3.81. The van der Waals surface area contributed by atoms with E-state index < -0.39 is 28.9 Å². The van der Waals surface area contributed by atoms with Crippen LogP contribution in [0.5, 0.6) is 0 Å². The fourth-order valence-electron chi connectivity index (χ4n) is 3.81. The second kappa shape index (κ2) is 6.67. The van der Waals surface area contributed by atoms with Crippen LogP contribution in [0.4, 0.5) is 13.2 Å². The maximum Gasteiger partial charge on any atom is 0.256 e. The summed E-state index contributed by atoms with van der Waals surface area (Å²) in [6, 6.07) is 6.68. The van der Waals surface area contributed by atoms with Gasteiger partial charge >= 0.3 is 0 Å². The molecule has 2 aliphatic heterocycles. The number of aliphatic hydroxyl groups excluding tert-OH is 1. The third-order valence-electron chi connectivity index (χ3n) is 5.44. The third-order valence-corrected chi connectivity index (χ3v) is 5.44. The van der Waals surface area contributed by atoms with Crippen molar-refractivity contribution < 1.29 is 27.8 Å². The van der Waals surface area contributed by atoms with E-state index in [2.05, 4.69) is 5.32 Å². The molecule has 2 aromatic rings. The first-order valence-electron chi connectivity index (χ1n) is 8.92. The van der Waals surface area contributed by atoms with Gasteiger partial charge in [-0.2, -0.15) is 0 Å². The van der Waals surface area contributed by atoms with Crippen molar-refractivity contribution in [3.05, 3.63) is 64.7 Å². The molecule has 0 bridgehead atoms. The number of aryl methyl sites for hydroxylation is 1. The highest BCUT2D eigenvalue weighted by molar-refractivity contribution is 6.23. The molecule has 0 aliphatic carbocycles. The van der Waals surface area contributed by atoms with Crippen molar-refractivity contribution in [2.24, 2.45) is 0 Å². The van der Waals surface area contributed by atoms with Gasteiger partial charge in [0.05, 0.1) is 5.57 Å². The molecule has 1 spiro atoms. The average Bonchev–Trinajstić information content (AvgIpc) is 2.90. The second-order valence-corrected chi connectivity index (χ2v) is 7.16. The van der Waals surface area contributed by atoms with Gasteiger partial charge in [-0.1, -0.05) is 12.1 Å². The maximum atomic E-state index is 13.6. The molecule has 0 saturated carbocycles. The molecule has 2 N–H and O–H groups in total. The molecule has 146 valence electrons. The number of hydrogen-bond acceptors (Lipinski definition) is 3. The number of rotatable bonds is 2. The Morgan fingerprint density at radius 1 is 1.04 bits per heavy atom. The van der Waals surface area contributed by atoms with Gasteiger partial charge in [-0.3, -0.25) is 4.79 Å². The number of amides is 1. The predicted octanol–water partition coefficient (Wildman–Crippen LogP) is 4.03. The lowest BCUT2D eigenvalue weighted by Gasteiger charge is -2.33. The van der Waals surface area contributed by atoms with Crippen LogP contribution < -0.4 is 5.32 Å². The summed E-state index contributed by atoms with van der Waals surface area (Å²) in [4.78, 5) is 12.7. The molecular formula is C21H18F3NO3. The standard InChI is InChI=1S/C21H18F3NO3/c1-11-2-3-12(13-9-15(22)18(24)16(23)10-13)8-14(11)17-19(26)21(25-20(17)27)4-6-28-7-5-21/h2-3,8-10,26H,4-7H2,1H3,(H,25,27). The van der Waals surface area contributed by atoms with Crippen molar-refractivity contribution in [1.29, 1.82) is 0 Å². The number of benzene rings is 2. The number of carbonyl (C=O) groups excluding carboxylic acids is 1. The monoisotopic (exact) mass is 389 g/mol. The zero-order valence-corrected chi connectivity index (χ0v) is 15.1. The Labute approximate surface area is 159 Å². The highest BCUT2D eigenvalue weighted by Gasteiger charge is 2.47. The quantitative estimate of drug-likeness (QED) is 0.763. The van der Waals surface area contributed by atoms with E-state index in [-0.39, 0.29) is 16.9 Å². The van der Waals surface area contributed by atoms with Crippen LogP contribution in [0.15, 0.2) is 36.1 Å². The molecule has 1 saturated heterocycles. The number of hydrogen-bond donors (Lipinski definition) is 2. The third kappa shape index (κ3) is 2.86. The minimum absolute atomic E-state index is 0.0440. The van der Waals surface area contributed by atoms with Gasteiger partial charge in [-0.25, -0.2) is 13.2 Å². The summed E-state index contributed by atoms with van der Waals surface area (Å²) in [5, 5.41) is 13.7. The zero-order chi connectivity index (χ0) is 20.1. The van der Waals surface area contributed by atoms with Crippen LogP contribution in [0.2, 0.25) is 0 Å². The summed E-state index contributed by atoms with van der Waals surface area (Å²) in [6.45, 7) is 2.61. The summed E-state index contributed by atoms with van der Waals surface area (Å²) in [5.41, 5.74) is 1.01. The van der Waals surface area contributed by atoms with Gasteiger partial charge in [0, 0.05) is 26.1 Å². The zero-order valence-electron chi connectivity index (χ0n) is 15.1. The Kier molecular flexibility index (Phi) is 4.42. The smallest absolute Gasteiger partial charge is 0.256 e. The molecular weight excluding hydrogens is 371 g/mol. The van der Waals surface area contributed by atoms with Crippen LogP contribution in [-0.2, 0) is 9.53 Å². The molecule has 1 amide bonds. The topological polar surface area (TPSA) is 58.6 Å². The van der Waals surface area contributed by atoms with E-state index >= 15 is 0 Å². The molecule has 1 fully saturated rings. The molecule has 0 radical (unpaired) electrons. The van der Waals surface area contributed by atoms with E-state index in [1.807, 2.05) is 0 Å². The van der Waals surface area contributed by atoms with Gasteiger partial charge in [-0.15, -0.1) is 0 Å². The Hall–Kier alpha value is -2.80. The van der Waals surface area contributed by atoms with E-state index in [9.17, 15) is 23.1 Å². The van der Waals surface area contributed by atoms with Crippen LogP contribution in [0.25, 0.3) is 16.7 Å². The maximum absolute atomic E-state index is 13.6. The molecule has 4 nitrogen and oxygen atoms in total. The Balaban J connectivity index is 1.83. The summed E-state index contributed by atoms with van der Waals surface area (Å²) in [6.07, 6.45) is 0.919. The van der Waals surface area contributed by atoms with Crippen molar-refractivity contribution in [3.63, 3.8) is 0 Å². The lowest BCUT2D eigenvalue weighted by atomic mass is 9.87. The van der Waals surface area contributed by atoms with Gasteiger partial charge in [0.25, 0.3) is 5.91 Å². The Morgan fingerprint density at radius 3 is 2.32 bits per heavy atom. The molecule has 2 heterocycles. The van der Waals surface area contributed by atoms with E-state index in [1.54, 1.807) is 25.1 Å². The first-order chi connectivity index (χ1) is 13.3. The van der Waals surface area contributed by atoms with E-state index in [0.29, 0.717) is 42.7 Å². The molecule has 4 rings (SSSR count). The van der Waals surface area contributed by atoms with Gasteiger partial charge < -0.3 is 15.2 Å². The number of nitrogens with one attached hydrogen (secondary N) is 1. The second-order valence-electron chi connectivity index (χ2n) is 7.16. The molecule has 2 aliphatic rings. The molecule has 28 heavy (non-hydrogen) atoms. The number of halogens is 3. The van der Waals surface area contributed by atoms with Crippen LogP contribution in [0.3, 0.4) is 0 Å². The summed E-state index contributed by atoms with van der Waals surface area (Å²) in [5.74, 6) is -4.57. The minimum Gasteiger partial charge on any atom is -0.509 e. The first-order valence-corrected chi connectivity index (χ1v) is 8.92. The van der Waals surface area contributed by atoms with Crippen molar-refractivity contribution in [1.82, 2.24) is 5.32 Å². The van der Waals surface area contributed by atoms with Crippen molar-refractivity contribution >= 4 is 11.5 Å². The SMILES string of the molecule is Cc1ccc(-c2cc(F)c(F)c(F)c2)cc1C1=C(O)C2(CCOCC2)NC1=O. The first kappa shape index (κ1) is 18.6. The van der Waals surface area contributed by atoms with E-state index in [1.165, 1.54) is 0 Å². The number of carbonyl (C=O) groups is 1. The molecule has 0 aromatic heterocycles. The van der Waals surface area contributed by atoms with Crippen molar-refractivity contribution in [2.75, 3.05) is 13.2 Å². The summed E-state index contributed by atoms with van der Waals surface area (Å²) < 4.78 is 45.9. The minimum atomic E-state index is -1.53. The molecule has 0 atom stereocenters. The van der Waals surface area contributed by atoms with E-state index in [0.717, 1.165) is 12.1 Å². The lowest BCUT2D eigenvalue weighted by molar-refractivity contribution is -0.117. The average molecular weight is 389 g/mol. The van der Waals surface area contributed by atoms with Crippen LogP contribution in [-0.4, -0.2) is 29.8 Å². The van der Waals surface area contributed by atoms with Crippen molar-refractivity contribution in [3.8, 4) is 11.1 Å². The molecule has 0 unspecified atom stereocenters. The summed E-state index contributed by atoms with van der Waals surface area (Å²) in [7, 11) is 0. The van der Waals surface area contributed by atoms with Crippen LogP contribution in [0.1, 0.15) is 24.0 Å². The lowest BCUT2D eigenvalue weighted by Crippen LogP contribution is -2.48. The van der Waals surface area contributed by atoms with Crippen LogP contribution >= 0.6 is 0 Å². The fraction of sp³-hybridized carbons (Fsp3) is 0.286. The summed E-state index contributed by atoms with van der Waals surface area (Å²) >= 11 is 0. The van der Waals surface area contributed by atoms with Gasteiger partial charge in [0.2, 0.25) is 0 Å². The Morgan fingerprint density at radius 2 is 1.68 bits per heavy atom. The van der Waals surface area contributed by atoms with Gasteiger partial charge in [-0.05, 0) is 47.4 Å². The number of ether oxygens (including phenoxy) is 1. The number of aliphatic hydroxyl groups is 1. The van der Waals surface area contributed by atoms with Gasteiger partial charge in [0.1, 0.15) is 11.3 Å². The highest BCUT2D eigenvalue weighted by Crippen LogP contribution is 2.40. The predicted molar refractivity (Wildman–Crippen MR) is 97.0 cm³/mol. The van der Waals surface area contributed by atoms with Crippen LogP contribution in [0, 0.1) is 24.4 Å².